The maximum atomic E-state index is 5.56. The third-order valence-electron chi connectivity index (χ3n) is 5.14. The Kier molecular flexibility index (Phi) is 3.60. The van der Waals surface area contributed by atoms with Crippen LogP contribution in [0.5, 0.6) is 11.5 Å². The number of aryl methyl sites for hydroxylation is 1. The molecule has 0 amide bonds. The van der Waals surface area contributed by atoms with Crippen molar-refractivity contribution in [3.63, 3.8) is 0 Å². The molecule has 3 rings (SSSR count). The van der Waals surface area contributed by atoms with Crippen LogP contribution in [-0.2, 0) is 5.41 Å². The predicted octanol–water partition coefficient (Wildman–Crippen LogP) is 3.65. The van der Waals surface area contributed by atoms with Gasteiger partial charge >= 0.3 is 0 Å². The largest absolute Gasteiger partial charge is 0.493 e. The monoisotopic (exact) mass is 287 g/mol. The summed E-state index contributed by atoms with van der Waals surface area (Å²) in [4.78, 5) is 2.42. The molecule has 3 heteroatoms. The molecule has 0 spiro atoms. The van der Waals surface area contributed by atoms with E-state index in [1.165, 1.54) is 36.9 Å². The zero-order chi connectivity index (χ0) is 15.0. The second-order valence-electron chi connectivity index (χ2n) is 6.26. The normalized spacial score (nSPS) is 24.6. The number of hydrogen-bond acceptors (Lipinski definition) is 3. The minimum Gasteiger partial charge on any atom is -0.493 e. The van der Waals surface area contributed by atoms with Crippen LogP contribution < -0.4 is 9.47 Å². The Morgan fingerprint density at radius 1 is 1.14 bits per heavy atom. The summed E-state index contributed by atoms with van der Waals surface area (Å²) in [6.45, 7) is 3.24. The van der Waals surface area contributed by atoms with Crippen LogP contribution in [0.2, 0.25) is 0 Å². The Morgan fingerprint density at radius 3 is 2.67 bits per heavy atom. The van der Waals surface area contributed by atoms with Crippen LogP contribution in [0.4, 0.5) is 0 Å². The Bertz CT molecular complexity index is 579. The van der Waals surface area contributed by atoms with Crippen LogP contribution in [-0.4, -0.2) is 32.7 Å². The first-order chi connectivity index (χ1) is 10.1. The molecule has 1 heterocycles. The van der Waals surface area contributed by atoms with Crippen molar-refractivity contribution in [1.82, 2.24) is 4.90 Å². The third-order valence-corrected chi connectivity index (χ3v) is 5.14. The molecule has 1 aliphatic carbocycles. The van der Waals surface area contributed by atoms with Crippen molar-refractivity contribution in [2.45, 2.75) is 38.0 Å². The minimum absolute atomic E-state index is 0.178. The van der Waals surface area contributed by atoms with Crippen LogP contribution in [0.3, 0.4) is 0 Å². The Balaban J connectivity index is 2.13. The molecule has 2 aliphatic rings. The van der Waals surface area contributed by atoms with Gasteiger partial charge in [-0.1, -0.05) is 12.1 Å². The SMILES string of the molecule is COc1cc([C@@]23CCCC=C2N(C)CC3)cc(C)c1OC. The number of likely N-dealkylation sites (N-methyl/N-ethyl adjacent to an activating group) is 1. The van der Waals surface area contributed by atoms with E-state index in [-0.39, 0.29) is 5.41 Å². The van der Waals surface area contributed by atoms with Gasteiger partial charge in [0.05, 0.1) is 14.2 Å². The first kappa shape index (κ1) is 14.3. The lowest BCUT2D eigenvalue weighted by molar-refractivity contribution is 0.349. The van der Waals surface area contributed by atoms with Crippen molar-refractivity contribution in [2.75, 3.05) is 27.8 Å². The van der Waals surface area contributed by atoms with Gasteiger partial charge in [0.15, 0.2) is 11.5 Å². The van der Waals surface area contributed by atoms with Gasteiger partial charge in [-0.2, -0.15) is 0 Å². The van der Waals surface area contributed by atoms with Gasteiger partial charge in [-0.05, 0) is 49.8 Å². The van der Waals surface area contributed by atoms with Crippen LogP contribution in [0.1, 0.15) is 36.8 Å². The van der Waals surface area contributed by atoms with Gasteiger partial charge in [-0.15, -0.1) is 0 Å². The summed E-state index contributed by atoms with van der Waals surface area (Å²) < 4.78 is 11.1. The number of allylic oxidation sites excluding steroid dienone is 2. The van der Waals surface area contributed by atoms with E-state index in [0.29, 0.717) is 0 Å². The summed E-state index contributed by atoms with van der Waals surface area (Å²) in [6, 6.07) is 4.48. The quantitative estimate of drug-likeness (QED) is 0.847. The molecule has 0 N–H and O–H groups in total. The Morgan fingerprint density at radius 2 is 1.95 bits per heavy atom. The van der Waals surface area contributed by atoms with Gasteiger partial charge in [0, 0.05) is 24.7 Å². The molecule has 114 valence electrons. The topological polar surface area (TPSA) is 21.7 Å². The van der Waals surface area contributed by atoms with Gasteiger partial charge in [0.25, 0.3) is 0 Å². The van der Waals surface area contributed by atoms with E-state index in [2.05, 4.69) is 37.1 Å². The molecule has 0 unspecified atom stereocenters. The summed E-state index contributed by atoms with van der Waals surface area (Å²) >= 11 is 0. The molecule has 1 aromatic rings. The summed E-state index contributed by atoms with van der Waals surface area (Å²) in [6.07, 6.45) is 7.34. The standard InChI is InChI=1S/C18H25NO2/c1-13-11-14(12-15(20-3)17(13)21-4)18-8-6-5-7-16(18)19(2)10-9-18/h7,11-12H,5-6,8-10H2,1-4H3/t18-/m0/s1. The van der Waals surface area contributed by atoms with E-state index in [1.807, 2.05) is 0 Å². The van der Waals surface area contributed by atoms with Crippen LogP contribution in [0.15, 0.2) is 23.9 Å². The van der Waals surface area contributed by atoms with Crippen LogP contribution in [0.25, 0.3) is 0 Å². The average Bonchev–Trinajstić information content (AvgIpc) is 2.85. The zero-order valence-corrected chi connectivity index (χ0v) is 13.5. The van der Waals surface area contributed by atoms with E-state index in [4.69, 9.17) is 9.47 Å². The van der Waals surface area contributed by atoms with Gasteiger partial charge in [0.2, 0.25) is 0 Å². The molecule has 0 radical (unpaired) electrons. The van der Waals surface area contributed by atoms with Gasteiger partial charge < -0.3 is 14.4 Å². The molecule has 0 saturated carbocycles. The number of benzene rings is 1. The highest BCUT2D eigenvalue weighted by atomic mass is 16.5. The van der Waals surface area contributed by atoms with Crippen molar-refractivity contribution in [1.29, 1.82) is 0 Å². The fraction of sp³-hybridized carbons (Fsp3) is 0.556. The predicted molar refractivity (Wildman–Crippen MR) is 85.1 cm³/mol. The average molecular weight is 287 g/mol. The van der Waals surface area contributed by atoms with Crippen molar-refractivity contribution in [2.24, 2.45) is 0 Å². The number of likely N-dealkylation sites (tertiary alicyclic amines) is 1. The molecule has 0 bridgehead atoms. The molecule has 21 heavy (non-hydrogen) atoms. The smallest absolute Gasteiger partial charge is 0.163 e. The Hall–Kier alpha value is -1.64. The highest BCUT2D eigenvalue weighted by Crippen LogP contribution is 2.50. The molecular weight excluding hydrogens is 262 g/mol. The van der Waals surface area contributed by atoms with E-state index in [1.54, 1.807) is 14.2 Å². The van der Waals surface area contributed by atoms with E-state index in [0.717, 1.165) is 23.6 Å². The first-order valence-corrected chi connectivity index (χ1v) is 7.77. The van der Waals surface area contributed by atoms with E-state index >= 15 is 0 Å². The number of hydrogen-bond donors (Lipinski definition) is 0. The maximum absolute atomic E-state index is 5.56. The molecule has 1 aromatic carbocycles. The highest BCUT2D eigenvalue weighted by molar-refractivity contribution is 5.53. The minimum atomic E-state index is 0.178. The zero-order valence-electron chi connectivity index (χ0n) is 13.5. The molecule has 1 aliphatic heterocycles. The fourth-order valence-electron chi connectivity index (χ4n) is 4.09. The van der Waals surface area contributed by atoms with Crippen molar-refractivity contribution < 1.29 is 9.47 Å². The summed E-state index contributed by atoms with van der Waals surface area (Å²) in [5.74, 6) is 1.70. The van der Waals surface area contributed by atoms with Gasteiger partial charge in [-0.25, -0.2) is 0 Å². The van der Waals surface area contributed by atoms with Crippen molar-refractivity contribution >= 4 is 0 Å². The van der Waals surface area contributed by atoms with Crippen LogP contribution in [0, 0.1) is 6.92 Å². The van der Waals surface area contributed by atoms with E-state index < -0.39 is 0 Å². The lowest BCUT2D eigenvalue weighted by Gasteiger charge is -2.36. The second kappa shape index (κ2) is 5.28. The Labute approximate surface area is 127 Å². The number of rotatable bonds is 3. The van der Waals surface area contributed by atoms with Gasteiger partial charge in [-0.3, -0.25) is 0 Å². The molecule has 1 atom stereocenters. The molecule has 3 nitrogen and oxygen atoms in total. The lowest BCUT2D eigenvalue weighted by atomic mass is 9.70. The number of fused-ring (bicyclic) bond motifs is 1. The lowest BCUT2D eigenvalue weighted by Crippen LogP contribution is -2.30. The summed E-state index contributed by atoms with van der Waals surface area (Å²) in [5, 5.41) is 0. The van der Waals surface area contributed by atoms with Crippen molar-refractivity contribution in [3.8, 4) is 11.5 Å². The van der Waals surface area contributed by atoms with Gasteiger partial charge in [0.1, 0.15) is 0 Å². The number of methoxy groups -OCH3 is 2. The summed E-state index contributed by atoms with van der Waals surface area (Å²) in [7, 11) is 5.64. The third kappa shape index (κ3) is 2.10. The number of nitrogens with zero attached hydrogens (tertiary/aromatic N) is 1. The second-order valence-corrected chi connectivity index (χ2v) is 6.26. The fourth-order valence-corrected chi connectivity index (χ4v) is 4.09. The van der Waals surface area contributed by atoms with E-state index in [9.17, 15) is 0 Å². The number of ether oxygens (including phenoxy) is 2. The molecule has 1 saturated heterocycles. The van der Waals surface area contributed by atoms with Crippen LogP contribution >= 0.6 is 0 Å². The molecule has 0 aromatic heterocycles. The first-order valence-electron chi connectivity index (χ1n) is 7.77. The summed E-state index contributed by atoms with van der Waals surface area (Å²) in [5.41, 5.74) is 4.21. The van der Waals surface area contributed by atoms with Crippen molar-refractivity contribution in [3.05, 3.63) is 35.0 Å². The molecule has 1 fully saturated rings. The maximum Gasteiger partial charge on any atom is 0.163 e. The highest BCUT2D eigenvalue weighted by Gasteiger charge is 2.44. The molecular formula is C18H25NO2.